The van der Waals surface area contributed by atoms with Gasteiger partial charge in [0.25, 0.3) is 0 Å². The Hall–Kier alpha value is -1.93. The number of thioether (sulfide) groups is 1. The van der Waals surface area contributed by atoms with Crippen molar-refractivity contribution in [2.75, 3.05) is 31.9 Å². The number of benzene rings is 1. The van der Waals surface area contributed by atoms with E-state index in [1.807, 2.05) is 24.0 Å². The Labute approximate surface area is 181 Å². The van der Waals surface area contributed by atoms with Crippen molar-refractivity contribution in [3.8, 4) is 0 Å². The van der Waals surface area contributed by atoms with Gasteiger partial charge in [-0.1, -0.05) is 49.2 Å². The molecule has 0 radical (unpaired) electrons. The molecule has 2 aromatic rings. The fraction of sp³-hybridized carbons (Fsp3) is 0.591. The van der Waals surface area contributed by atoms with Crippen molar-refractivity contribution in [3.05, 3.63) is 41.5 Å². The number of rotatable bonds is 6. The molecule has 2 aliphatic rings. The molecular weight excluding hydrogens is 401 g/mol. The Bertz CT molecular complexity index is 859. The van der Waals surface area contributed by atoms with Crippen molar-refractivity contribution < 1.29 is 9.18 Å². The van der Waals surface area contributed by atoms with Crippen LogP contribution in [0.5, 0.6) is 0 Å². The minimum absolute atomic E-state index is 0.140. The topological polar surface area (TPSA) is 54.3 Å². The molecule has 2 heterocycles. The minimum Gasteiger partial charge on any atom is -0.339 e. The Kier molecular flexibility index (Phi) is 7.04. The molecule has 1 aromatic heterocycles. The molecule has 0 bridgehead atoms. The Balaban J connectivity index is 1.27. The van der Waals surface area contributed by atoms with Gasteiger partial charge in [0.1, 0.15) is 11.6 Å². The van der Waals surface area contributed by atoms with Crippen LogP contribution in [0.1, 0.15) is 49.5 Å². The molecule has 1 amide bonds. The summed E-state index contributed by atoms with van der Waals surface area (Å²) in [5.74, 6) is 1.31. The zero-order chi connectivity index (χ0) is 20.9. The highest BCUT2D eigenvalue weighted by Gasteiger charge is 2.24. The van der Waals surface area contributed by atoms with Crippen LogP contribution < -0.4 is 0 Å². The maximum Gasteiger partial charge on any atom is 0.233 e. The first-order valence-corrected chi connectivity index (χ1v) is 11.9. The lowest BCUT2D eigenvalue weighted by Gasteiger charge is -2.34. The summed E-state index contributed by atoms with van der Waals surface area (Å²) in [6.07, 6.45) is 6.15. The summed E-state index contributed by atoms with van der Waals surface area (Å²) in [6, 6.07) is 7.37. The van der Waals surface area contributed by atoms with E-state index >= 15 is 0 Å². The van der Waals surface area contributed by atoms with Gasteiger partial charge in [-0.05, 0) is 25.8 Å². The van der Waals surface area contributed by atoms with Gasteiger partial charge in [-0.3, -0.25) is 9.69 Å². The highest BCUT2D eigenvalue weighted by Crippen LogP contribution is 2.32. The third kappa shape index (κ3) is 5.03. The Morgan fingerprint density at radius 1 is 1.10 bits per heavy atom. The van der Waals surface area contributed by atoms with E-state index in [0.29, 0.717) is 37.0 Å². The minimum atomic E-state index is -0.162. The van der Waals surface area contributed by atoms with Gasteiger partial charge in [-0.2, -0.15) is 0 Å². The van der Waals surface area contributed by atoms with E-state index in [2.05, 4.69) is 19.7 Å². The lowest BCUT2D eigenvalue weighted by atomic mass is 9.95. The summed E-state index contributed by atoms with van der Waals surface area (Å²) in [6.45, 7) is 5.49. The molecule has 0 spiro atoms. The first kappa shape index (κ1) is 21.3. The van der Waals surface area contributed by atoms with E-state index in [4.69, 9.17) is 0 Å². The molecule has 4 rings (SSSR count). The lowest BCUT2D eigenvalue weighted by Crippen LogP contribution is -2.48. The summed E-state index contributed by atoms with van der Waals surface area (Å²) in [7, 11) is 0. The number of aromatic nitrogens is 3. The number of aryl methyl sites for hydroxylation is 1. The van der Waals surface area contributed by atoms with Crippen LogP contribution in [0.4, 0.5) is 4.39 Å². The molecule has 30 heavy (non-hydrogen) atoms. The number of carbonyl (C=O) groups is 1. The normalized spacial score (nSPS) is 18.7. The molecule has 1 saturated heterocycles. The zero-order valence-corrected chi connectivity index (χ0v) is 18.4. The molecule has 0 N–H and O–H groups in total. The van der Waals surface area contributed by atoms with Crippen LogP contribution in [-0.4, -0.2) is 62.4 Å². The number of amides is 1. The summed E-state index contributed by atoms with van der Waals surface area (Å²) in [5.41, 5.74) is 0.713. The predicted octanol–water partition coefficient (Wildman–Crippen LogP) is 3.67. The number of carbonyl (C=O) groups excluding carboxylic acids is 1. The van der Waals surface area contributed by atoms with Crippen molar-refractivity contribution in [1.82, 2.24) is 24.6 Å². The monoisotopic (exact) mass is 431 g/mol. The third-order valence-corrected chi connectivity index (χ3v) is 7.10. The quantitative estimate of drug-likeness (QED) is 0.654. The highest BCUT2D eigenvalue weighted by atomic mass is 32.2. The van der Waals surface area contributed by atoms with E-state index in [0.717, 1.165) is 24.1 Å². The van der Waals surface area contributed by atoms with Gasteiger partial charge in [0, 0.05) is 44.3 Å². The zero-order valence-electron chi connectivity index (χ0n) is 17.6. The molecule has 1 aromatic carbocycles. The average Bonchev–Trinajstić information content (AvgIpc) is 3.15. The maximum absolute atomic E-state index is 13.9. The molecule has 1 aliphatic heterocycles. The van der Waals surface area contributed by atoms with Crippen molar-refractivity contribution in [2.24, 2.45) is 0 Å². The number of hydrogen-bond acceptors (Lipinski definition) is 5. The van der Waals surface area contributed by atoms with Gasteiger partial charge in [-0.15, -0.1) is 10.2 Å². The molecule has 1 saturated carbocycles. The van der Waals surface area contributed by atoms with Gasteiger partial charge >= 0.3 is 0 Å². The van der Waals surface area contributed by atoms with Crippen molar-refractivity contribution in [3.63, 3.8) is 0 Å². The molecule has 8 heteroatoms. The first-order valence-electron chi connectivity index (χ1n) is 10.9. The van der Waals surface area contributed by atoms with Crippen LogP contribution in [0.2, 0.25) is 0 Å². The molecule has 2 fully saturated rings. The van der Waals surface area contributed by atoms with E-state index in [1.165, 1.54) is 49.9 Å². The number of halogens is 1. The molecule has 0 atom stereocenters. The number of hydrogen-bond donors (Lipinski definition) is 0. The predicted molar refractivity (Wildman–Crippen MR) is 116 cm³/mol. The van der Waals surface area contributed by atoms with E-state index < -0.39 is 0 Å². The van der Waals surface area contributed by atoms with Gasteiger partial charge in [-0.25, -0.2) is 4.39 Å². The summed E-state index contributed by atoms with van der Waals surface area (Å²) < 4.78 is 16.1. The molecule has 162 valence electrons. The Morgan fingerprint density at radius 3 is 2.57 bits per heavy atom. The number of nitrogens with zero attached hydrogens (tertiary/aromatic N) is 5. The van der Waals surface area contributed by atoms with Crippen molar-refractivity contribution in [2.45, 2.75) is 56.8 Å². The average molecular weight is 432 g/mol. The van der Waals surface area contributed by atoms with E-state index in [9.17, 15) is 9.18 Å². The van der Waals surface area contributed by atoms with Gasteiger partial charge in [0.15, 0.2) is 5.16 Å². The second kappa shape index (κ2) is 9.92. The SMILES string of the molecule is Cc1nnc(SCC(=O)N2CCN(Cc3ccccc3F)CC2)n1C1CCCCC1. The van der Waals surface area contributed by atoms with Crippen molar-refractivity contribution >= 4 is 17.7 Å². The van der Waals surface area contributed by atoms with Crippen LogP contribution in [0.25, 0.3) is 0 Å². The van der Waals surface area contributed by atoms with Gasteiger partial charge < -0.3 is 9.47 Å². The molecule has 1 aliphatic carbocycles. The molecule has 0 unspecified atom stereocenters. The first-order chi connectivity index (χ1) is 14.6. The van der Waals surface area contributed by atoms with E-state index in [1.54, 1.807) is 6.07 Å². The van der Waals surface area contributed by atoms with Crippen LogP contribution in [0, 0.1) is 12.7 Å². The summed E-state index contributed by atoms with van der Waals surface area (Å²) in [5, 5.41) is 9.47. The van der Waals surface area contributed by atoms with Crippen LogP contribution in [0.3, 0.4) is 0 Å². The third-order valence-electron chi connectivity index (χ3n) is 6.18. The van der Waals surface area contributed by atoms with Gasteiger partial charge in [0.05, 0.1) is 5.75 Å². The number of piperazine rings is 1. The standard InChI is InChI=1S/C22H30FN5OS/c1-17-24-25-22(28(17)19-8-3-2-4-9-19)30-16-21(29)27-13-11-26(12-14-27)15-18-7-5-6-10-20(18)23/h5-7,10,19H,2-4,8-9,11-16H2,1H3. The van der Waals surface area contributed by atoms with Crippen LogP contribution in [0.15, 0.2) is 29.4 Å². The second-order valence-electron chi connectivity index (χ2n) is 8.23. The highest BCUT2D eigenvalue weighted by molar-refractivity contribution is 7.99. The van der Waals surface area contributed by atoms with Crippen molar-refractivity contribution in [1.29, 1.82) is 0 Å². The molecule has 6 nitrogen and oxygen atoms in total. The molecular formula is C22H30FN5OS. The fourth-order valence-corrected chi connectivity index (χ4v) is 5.40. The lowest BCUT2D eigenvalue weighted by molar-refractivity contribution is -0.130. The van der Waals surface area contributed by atoms with Gasteiger partial charge in [0.2, 0.25) is 5.91 Å². The fourth-order valence-electron chi connectivity index (χ4n) is 4.45. The summed E-state index contributed by atoms with van der Waals surface area (Å²) in [4.78, 5) is 16.9. The Morgan fingerprint density at radius 2 is 1.83 bits per heavy atom. The maximum atomic E-state index is 13.9. The smallest absolute Gasteiger partial charge is 0.233 e. The summed E-state index contributed by atoms with van der Waals surface area (Å²) >= 11 is 1.50. The van der Waals surface area contributed by atoms with E-state index in [-0.39, 0.29) is 11.7 Å². The second-order valence-corrected chi connectivity index (χ2v) is 9.17. The van der Waals surface area contributed by atoms with Crippen LogP contribution in [-0.2, 0) is 11.3 Å². The largest absolute Gasteiger partial charge is 0.339 e. The van der Waals surface area contributed by atoms with Crippen LogP contribution >= 0.6 is 11.8 Å².